The van der Waals surface area contributed by atoms with Gasteiger partial charge in [0.15, 0.2) is 0 Å². The number of hydrogen-bond acceptors (Lipinski definition) is 2. The van der Waals surface area contributed by atoms with E-state index >= 15 is 0 Å². The van der Waals surface area contributed by atoms with Crippen molar-refractivity contribution in [1.82, 2.24) is 5.32 Å². The van der Waals surface area contributed by atoms with Crippen LogP contribution >= 0.6 is 0 Å². The van der Waals surface area contributed by atoms with E-state index in [1.807, 2.05) is 44.2 Å². The largest absolute Gasteiger partial charge is 0.348 e. The molecule has 90 valence electrons. The van der Waals surface area contributed by atoms with Gasteiger partial charge in [0.05, 0.1) is 12.1 Å². The molecule has 1 amide bonds. The Balaban J connectivity index is 2.74. The maximum atomic E-state index is 12.0. The Hall–Kier alpha value is -1.82. The first-order valence-corrected chi connectivity index (χ1v) is 5.80. The van der Waals surface area contributed by atoms with E-state index in [2.05, 4.69) is 11.4 Å². The Morgan fingerprint density at radius 3 is 2.53 bits per heavy atom. The SMILES string of the molecule is CCC(C)(C#N)C(=O)NC(C)c1ccccc1. The van der Waals surface area contributed by atoms with E-state index in [1.165, 1.54) is 0 Å². The van der Waals surface area contributed by atoms with Crippen molar-refractivity contribution in [2.45, 2.75) is 33.2 Å². The van der Waals surface area contributed by atoms with Crippen LogP contribution in [0.25, 0.3) is 0 Å². The van der Waals surface area contributed by atoms with Gasteiger partial charge in [-0.3, -0.25) is 4.79 Å². The van der Waals surface area contributed by atoms with E-state index in [9.17, 15) is 4.79 Å². The molecule has 0 aromatic heterocycles. The predicted octanol–water partition coefficient (Wildman–Crippen LogP) is 2.80. The molecule has 3 nitrogen and oxygen atoms in total. The number of hydrogen-bond donors (Lipinski definition) is 1. The van der Waals surface area contributed by atoms with Crippen LogP contribution in [0.4, 0.5) is 0 Å². The lowest BCUT2D eigenvalue weighted by Gasteiger charge is -2.22. The van der Waals surface area contributed by atoms with Crippen LogP contribution < -0.4 is 5.32 Å². The Morgan fingerprint density at radius 2 is 2.06 bits per heavy atom. The van der Waals surface area contributed by atoms with Crippen molar-refractivity contribution in [2.24, 2.45) is 5.41 Å². The monoisotopic (exact) mass is 230 g/mol. The normalized spacial score (nSPS) is 15.4. The minimum absolute atomic E-state index is 0.0806. The molecule has 0 aliphatic rings. The Morgan fingerprint density at radius 1 is 1.47 bits per heavy atom. The average Bonchev–Trinajstić information content (AvgIpc) is 2.38. The molecule has 0 saturated heterocycles. The number of rotatable bonds is 4. The number of amides is 1. The molecular formula is C14H18N2O. The Kier molecular flexibility index (Phi) is 4.28. The molecule has 0 radical (unpaired) electrons. The number of carbonyl (C=O) groups is 1. The van der Waals surface area contributed by atoms with Crippen LogP contribution in [0.3, 0.4) is 0 Å². The molecule has 0 aliphatic carbocycles. The highest BCUT2D eigenvalue weighted by Gasteiger charge is 2.31. The highest BCUT2D eigenvalue weighted by molar-refractivity contribution is 5.85. The Bertz CT molecular complexity index is 422. The van der Waals surface area contributed by atoms with Gasteiger partial charge in [0.2, 0.25) is 5.91 Å². The van der Waals surface area contributed by atoms with Crippen LogP contribution in [0.15, 0.2) is 30.3 Å². The van der Waals surface area contributed by atoms with Crippen molar-refractivity contribution in [1.29, 1.82) is 5.26 Å². The lowest BCUT2D eigenvalue weighted by atomic mass is 9.88. The molecule has 2 atom stereocenters. The second-order valence-corrected chi connectivity index (χ2v) is 4.40. The molecule has 1 aromatic rings. The molecule has 0 aliphatic heterocycles. The van der Waals surface area contributed by atoms with Crippen LogP contribution in [-0.2, 0) is 4.79 Å². The lowest BCUT2D eigenvalue weighted by Crippen LogP contribution is -2.38. The molecule has 0 spiro atoms. The highest BCUT2D eigenvalue weighted by Crippen LogP contribution is 2.22. The first-order valence-electron chi connectivity index (χ1n) is 5.80. The third-order valence-electron chi connectivity index (χ3n) is 3.10. The van der Waals surface area contributed by atoms with Crippen molar-refractivity contribution >= 4 is 5.91 Å². The molecule has 2 unspecified atom stereocenters. The van der Waals surface area contributed by atoms with E-state index in [-0.39, 0.29) is 11.9 Å². The fourth-order valence-electron chi connectivity index (χ4n) is 1.47. The van der Waals surface area contributed by atoms with Gasteiger partial charge in [-0.15, -0.1) is 0 Å². The van der Waals surface area contributed by atoms with E-state index in [1.54, 1.807) is 6.92 Å². The Labute approximate surface area is 102 Å². The second kappa shape index (κ2) is 5.49. The molecule has 1 aromatic carbocycles. The first kappa shape index (κ1) is 13.2. The fourth-order valence-corrected chi connectivity index (χ4v) is 1.47. The zero-order valence-corrected chi connectivity index (χ0v) is 10.5. The summed E-state index contributed by atoms with van der Waals surface area (Å²) in [6.45, 7) is 5.43. The summed E-state index contributed by atoms with van der Waals surface area (Å²) in [7, 11) is 0. The van der Waals surface area contributed by atoms with Crippen molar-refractivity contribution < 1.29 is 4.79 Å². The third kappa shape index (κ3) is 3.07. The van der Waals surface area contributed by atoms with E-state index in [4.69, 9.17) is 5.26 Å². The molecular weight excluding hydrogens is 212 g/mol. The average molecular weight is 230 g/mol. The smallest absolute Gasteiger partial charge is 0.240 e. The number of nitrogens with zero attached hydrogens (tertiary/aromatic N) is 1. The van der Waals surface area contributed by atoms with Gasteiger partial charge < -0.3 is 5.32 Å². The van der Waals surface area contributed by atoms with E-state index < -0.39 is 5.41 Å². The molecule has 3 heteroatoms. The summed E-state index contributed by atoms with van der Waals surface area (Å²) < 4.78 is 0. The molecule has 0 bridgehead atoms. The maximum absolute atomic E-state index is 12.0. The number of nitrogens with one attached hydrogen (secondary N) is 1. The minimum atomic E-state index is -0.941. The van der Waals surface area contributed by atoms with Crippen molar-refractivity contribution in [2.75, 3.05) is 0 Å². The number of carbonyl (C=O) groups excluding carboxylic acids is 1. The summed E-state index contributed by atoms with van der Waals surface area (Å²) in [6, 6.07) is 11.7. The van der Waals surface area contributed by atoms with Gasteiger partial charge in [-0.1, -0.05) is 37.3 Å². The standard InChI is InChI=1S/C14H18N2O/c1-4-14(3,10-15)13(17)16-11(2)12-8-6-5-7-9-12/h5-9,11H,4H2,1-3H3,(H,16,17). The van der Waals surface area contributed by atoms with Gasteiger partial charge in [-0.2, -0.15) is 5.26 Å². The van der Waals surface area contributed by atoms with Gasteiger partial charge in [0, 0.05) is 0 Å². The van der Waals surface area contributed by atoms with Gasteiger partial charge in [0.1, 0.15) is 5.41 Å². The summed E-state index contributed by atoms with van der Waals surface area (Å²) in [4.78, 5) is 12.0. The second-order valence-electron chi connectivity index (χ2n) is 4.40. The zero-order chi connectivity index (χ0) is 12.9. The fraction of sp³-hybridized carbons (Fsp3) is 0.429. The van der Waals surface area contributed by atoms with Crippen LogP contribution in [0, 0.1) is 16.7 Å². The third-order valence-corrected chi connectivity index (χ3v) is 3.10. The van der Waals surface area contributed by atoms with Crippen LogP contribution in [0.5, 0.6) is 0 Å². The summed E-state index contributed by atoms with van der Waals surface area (Å²) >= 11 is 0. The first-order chi connectivity index (χ1) is 8.03. The highest BCUT2D eigenvalue weighted by atomic mass is 16.2. The molecule has 17 heavy (non-hydrogen) atoms. The summed E-state index contributed by atoms with van der Waals surface area (Å²) in [5.41, 5.74) is 0.0977. The van der Waals surface area contributed by atoms with Crippen LogP contribution in [0.2, 0.25) is 0 Å². The topological polar surface area (TPSA) is 52.9 Å². The van der Waals surface area contributed by atoms with Crippen LogP contribution in [-0.4, -0.2) is 5.91 Å². The summed E-state index contributed by atoms with van der Waals surface area (Å²) in [5, 5.41) is 11.9. The van der Waals surface area contributed by atoms with E-state index in [0.29, 0.717) is 6.42 Å². The van der Waals surface area contributed by atoms with Gasteiger partial charge >= 0.3 is 0 Å². The van der Waals surface area contributed by atoms with Crippen LogP contribution in [0.1, 0.15) is 38.8 Å². The number of benzene rings is 1. The number of nitriles is 1. The maximum Gasteiger partial charge on any atom is 0.240 e. The molecule has 0 heterocycles. The van der Waals surface area contributed by atoms with Gasteiger partial charge in [-0.25, -0.2) is 0 Å². The van der Waals surface area contributed by atoms with Crippen molar-refractivity contribution in [3.63, 3.8) is 0 Å². The molecule has 0 saturated carbocycles. The van der Waals surface area contributed by atoms with Crippen molar-refractivity contribution in [3.05, 3.63) is 35.9 Å². The molecule has 0 fully saturated rings. The van der Waals surface area contributed by atoms with E-state index in [0.717, 1.165) is 5.56 Å². The summed E-state index contributed by atoms with van der Waals surface area (Å²) in [6.07, 6.45) is 0.511. The molecule has 1 rings (SSSR count). The minimum Gasteiger partial charge on any atom is -0.348 e. The molecule has 1 N–H and O–H groups in total. The predicted molar refractivity (Wildman–Crippen MR) is 67.0 cm³/mol. The summed E-state index contributed by atoms with van der Waals surface area (Å²) in [5.74, 6) is -0.209. The van der Waals surface area contributed by atoms with Gasteiger partial charge in [0.25, 0.3) is 0 Å². The van der Waals surface area contributed by atoms with Gasteiger partial charge in [-0.05, 0) is 25.8 Å². The quantitative estimate of drug-likeness (QED) is 0.864. The van der Waals surface area contributed by atoms with Crippen molar-refractivity contribution in [3.8, 4) is 6.07 Å². The lowest BCUT2D eigenvalue weighted by molar-refractivity contribution is -0.128. The zero-order valence-electron chi connectivity index (χ0n) is 10.5.